The Balaban J connectivity index is 0.000000243. The van der Waals surface area contributed by atoms with Gasteiger partial charge in [-0.05, 0) is 81.6 Å². The van der Waals surface area contributed by atoms with Gasteiger partial charge < -0.3 is 48.7 Å². The quantitative estimate of drug-likeness (QED) is 0.161. The number of aliphatic carboxylic acids is 1. The fraction of sp³-hybridized carbons (Fsp3) is 0.535. The second-order valence-corrected chi connectivity index (χ2v) is 16.2. The summed E-state index contributed by atoms with van der Waals surface area (Å²) in [7, 11) is 1.19. The van der Waals surface area contributed by atoms with Crippen LogP contribution in [0.1, 0.15) is 92.2 Å². The molecule has 2 aromatic carbocycles. The number of imidazole rings is 1. The van der Waals surface area contributed by atoms with Gasteiger partial charge in [0.15, 0.2) is 29.7 Å². The number of ketones is 1. The third kappa shape index (κ3) is 9.58. The van der Waals surface area contributed by atoms with Gasteiger partial charge >= 0.3 is 5.97 Å². The number of halogens is 1. The number of piperidine rings is 1. The lowest BCUT2D eigenvalue weighted by atomic mass is 9.88. The fourth-order valence-electron chi connectivity index (χ4n) is 7.67. The van der Waals surface area contributed by atoms with Crippen LogP contribution >= 0.6 is 11.6 Å². The Labute approximate surface area is 347 Å². The van der Waals surface area contributed by atoms with Gasteiger partial charge in [0, 0.05) is 38.0 Å². The highest BCUT2D eigenvalue weighted by Crippen LogP contribution is 2.49. The topological polar surface area (TPSA) is 195 Å². The molecule has 0 bridgehead atoms. The van der Waals surface area contributed by atoms with Gasteiger partial charge in [-0.25, -0.2) is 9.78 Å². The molecular weight excluding hydrogens is 784 g/mol. The minimum atomic E-state index is -1.67. The molecule has 3 saturated heterocycles. The molecule has 15 nitrogen and oxygen atoms in total. The van der Waals surface area contributed by atoms with Crippen molar-refractivity contribution < 1.29 is 53.7 Å². The Hall–Kier alpha value is -4.19. The number of nitrogens with zero attached hydrogens (tertiary/aromatic N) is 4. The molecule has 9 rings (SSSR count). The van der Waals surface area contributed by atoms with Crippen LogP contribution in [0.2, 0.25) is 5.02 Å². The van der Waals surface area contributed by atoms with Crippen LogP contribution in [0.4, 0.5) is 0 Å². The number of likely N-dealkylation sites (tertiary alicyclic amines) is 1. The van der Waals surface area contributed by atoms with Crippen molar-refractivity contribution in [2.75, 3.05) is 26.8 Å². The first-order chi connectivity index (χ1) is 28.3. The van der Waals surface area contributed by atoms with E-state index in [1.54, 1.807) is 19.2 Å². The Morgan fingerprint density at radius 2 is 1.69 bits per heavy atom. The number of fused-ring (bicyclic) bond motifs is 2. The molecule has 4 N–H and O–H groups in total. The monoisotopic (exact) mass is 836 g/mol. The SMILES string of the molecule is C1CCC1.CC(=O)c1ccc2nc(CN3CCC(c4cccc5c4O[C@@](C)(c4ccc(Cl)cn4)O5)CC3)n(C[C@@H]3CCO3)c2c1.CO[C@@H]1O[C@H](C(=O)O)[C@@H](O)[C@H](O)[C@H]1O. The summed E-state index contributed by atoms with van der Waals surface area (Å²) in [4.78, 5) is 34.5. The largest absolute Gasteiger partial charge is 0.479 e. The number of methoxy groups -OCH3 is 1. The number of carbonyl (C=O) groups is 2. The number of hydrogen-bond acceptors (Lipinski definition) is 13. The molecule has 1 aliphatic carbocycles. The van der Waals surface area contributed by atoms with E-state index in [0.717, 1.165) is 80.4 Å². The zero-order valence-electron chi connectivity index (χ0n) is 33.5. The van der Waals surface area contributed by atoms with Gasteiger partial charge in [0.2, 0.25) is 0 Å². The predicted octanol–water partition coefficient (Wildman–Crippen LogP) is 5.19. The Bertz CT molecular complexity index is 2080. The van der Waals surface area contributed by atoms with Crippen molar-refractivity contribution >= 4 is 34.4 Å². The summed E-state index contributed by atoms with van der Waals surface area (Å²) >= 11 is 6.05. The molecule has 7 atom stereocenters. The lowest BCUT2D eigenvalue weighted by molar-refractivity contribution is -0.287. The van der Waals surface area contributed by atoms with Gasteiger partial charge in [0.25, 0.3) is 5.79 Å². The van der Waals surface area contributed by atoms with Crippen LogP contribution < -0.4 is 9.47 Å². The van der Waals surface area contributed by atoms with E-state index in [-0.39, 0.29) is 11.9 Å². The highest BCUT2D eigenvalue weighted by atomic mass is 35.5. The zero-order valence-corrected chi connectivity index (χ0v) is 34.3. The minimum Gasteiger partial charge on any atom is -0.479 e. The summed E-state index contributed by atoms with van der Waals surface area (Å²) in [5.41, 5.74) is 4.52. The summed E-state index contributed by atoms with van der Waals surface area (Å²) in [6, 6.07) is 15.6. The molecule has 4 aliphatic heterocycles. The van der Waals surface area contributed by atoms with Crippen LogP contribution in [0.15, 0.2) is 54.7 Å². The molecule has 1 saturated carbocycles. The maximum atomic E-state index is 12.1. The second kappa shape index (κ2) is 18.6. The standard InChI is InChI=1S/C32H33ClN4O4.C7H12O7.C4H8/c1-20(38)22-6-8-26-27(16-22)37(18-24-12-15-39-24)30(35-26)19-36-13-10-21(11-14-36)25-4-3-5-28-31(25)41-32(2,40-28)29-9-7-23(33)17-34-29;1-13-7-4(10)2(8)3(9)5(14-7)6(11)12;1-2-4-3-1/h3-9,16-17,21,24H,10-15,18-19H2,1-2H3;2-5,7-10H,1H3,(H,11,12);1-4H2/t24-,32-;2-,3-,4+,5-,7+;/m00./s1. The number of carboxylic acid groups (broad SMARTS) is 1. The molecule has 16 heteroatoms. The van der Waals surface area contributed by atoms with E-state index in [9.17, 15) is 24.9 Å². The molecule has 2 aromatic heterocycles. The number of hydrogen-bond donors (Lipinski definition) is 4. The molecular formula is C43H53ClN4O11. The van der Waals surface area contributed by atoms with Crippen molar-refractivity contribution in [1.82, 2.24) is 19.4 Å². The van der Waals surface area contributed by atoms with Gasteiger partial charge in [-0.2, -0.15) is 0 Å². The molecule has 4 aromatic rings. The summed E-state index contributed by atoms with van der Waals surface area (Å²) in [6.45, 7) is 7.74. The molecule has 0 unspecified atom stereocenters. The van der Waals surface area contributed by atoms with Crippen molar-refractivity contribution in [3.05, 3.63) is 82.4 Å². The third-order valence-electron chi connectivity index (χ3n) is 11.7. The lowest BCUT2D eigenvalue weighted by Gasteiger charge is -2.37. The summed E-state index contributed by atoms with van der Waals surface area (Å²) in [5.74, 6) is 0.605. The van der Waals surface area contributed by atoms with Gasteiger partial charge in [0.1, 0.15) is 29.8 Å². The first-order valence-corrected chi connectivity index (χ1v) is 20.6. The van der Waals surface area contributed by atoms with Crippen molar-refractivity contribution in [2.24, 2.45) is 0 Å². The highest BCUT2D eigenvalue weighted by Gasteiger charge is 2.47. The van der Waals surface area contributed by atoms with Gasteiger partial charge in [-0.3, -0.25) is 14.7 Å². The van der Waals surface area contributed by atoms with Crippen molar-refractivity contribution in [3.8, 4) is 11.5 Å². The maximum absolute atomic E-state index is 12.1. The number of rotatable bonds is 9. The number of ether oxygens (including phenoxy) is 5. The van der Waals surface area contributed by atoms with Crippen LogP contribution in [-0.2, 0) is 37.9 Å². The number of aromatic nitrogens is 3. The fourth-order valence-corrected chi connectivity index (χ4v) is 7.78. The summed E-state index contributed by atoms with van der Waals surface area (Å²) in [5, 5.41) is 36.9. The molecule has 0 radical (unpaired) electrons. The van der Waals surface area contributed by atoms with E-state index in [4.69, 9.17) is 40.6 Å². The van der Waals surface area contributed by atoms with E-state index in [2.05, 4.69) is 25.3 Å². The average Bonchev–Trinajstić information content (AvgIpc) is 3.71. The van der Waals surface area contributed by atoms with Crippen molar-refractivity contribution in [3.63, 3.8) is 0 Å². The molecule has 4 fully saturated rings. The second-order valence-electron chi connectivity index (χ2n) is 15.8. The number of carbonyl (C=O) groups excluding carboxylic acids is 1. The first-order valence-electron chi connectivity index (χ1n) is 20.3. The van der Waals surface area contributed by atoms with Crippen LogP contribution in [0.5, 0.6) is 11.5 Å². The Morgan fingerprint density at radius 1 is 0.966 bits per heavy atom. The number of aliphatic hydroxyl groups is 3. The summed E-state index contributed by atoms with van der Waals surface area (Å²) < 4.78 is 30.1. The molecule has 6 heterocycles. The normalized spacial score (nSPS) is 27.7. The number of aliphatic hydroxyl groups excluding tert-OH is 3. The van der Waals surface area contributed by atoms with Crippen LogP contribution in [0.25, 0.3) is 11.0 Å². The molecule has 318 valence electrons. The lowest BCUT2D eigenvalue weighted by Crippen LogP contribution is -2.60. The molecule has 0 spiro atoms. The Kier molecular flexibility index (Phi) is 13.5. The van der Waals surface area contributed by atoms with Crippen molar-refractivity contribution in [1.29, 1.82) is 0 Å². The van der Waals surface area contributed by atoms with E-state index in [0.29, 0.717) is 22.2 Å². The zero-order chi connectivity index (χ0) is 41.8. The average molecular weight is 837 g/mol. The number of para-hydroxylation sites is 1. The third-order valence-corrected chi connectivity index (χ3v) is 11.9. The van der Waals surface area contributed by atoms with Gasteiger partial charge in [0.05, 0.1) is 35.2 Å². The smallest absolute Gasteiger partial charge is 0.335 e. The van der Waals surface area contributed by atoms with E-state index in [1.165, 1.54) is 38.4 Å². The molecule has 59 heavy (non-hydrogen) atoms. The number of benzene rings is 2. The Morgan fingerprint density at radius 3 is 2.29 bits per heavy atom. The number of carboxylic acids is 1. The van der Waals surface area contributed by atoms with Crippen LogP contribution in [-0.4, -0.2) is 115 Å². The highest BCUT2D eigenvalue weighted by molar-refractivity contribution is 6.30. The number of Topliss-reactive ketones (excluding diaryl/α,β-unsaturated/α-hetero) is 1. The van der Waals surface area contributed by atoms with Crippen LogP contribution in [0, 0.1) is 0 Å². The van der Waals surface area contributed by atoms with Crippen LogP contribution in [0.3, 0.4) is 0 Å². The minimum absolute atomic E-state index is 0.0645. The first kappa shape index (κ1) is 42.9. The maximum Gasteiger partial charge on any atom is 0.335 e. The molecule has 0 amide bonds. The van der Waals surface area contributed by atoms with E-state index >= 15 is 0 Å². The van der Waals surface area contributed by atoms with E-state index in [1.807, 2.05) is 43.3 Å². The van der Waals surface area contributed by atoms with Gasteiger partial charge in [-0.1, -0.05) is 49.4 Å². The molecule has 5 aliphatic rings. The number of pyridine rings is 1. The van der Waals surface area contributed by atoms with Crippen molar-refractivity contribution in [2.45, 2.75) is 120 Å². The summed E-state index contributed by atoms with van der Waals surface area (Å²) in [6.07, 6.45) is 3.30. The van der Waals surface area contributed by atoms with E-state index < -0.39 is 42.5 Å². The van der Waals surface area contributed by atoms with Gasteiger partial charge in [-0.15, -0.1) is 0 Å². The predicted molar refractivity (Wildman–Crippen MR) is 215 cm³/mol.